The lowest BCUT2D eigenvalue weighted by Gasteiger charge is -2.27. The van der Waals surface area contributed by atoms with Gasteiger partial charge in [-0.25, -0.2) is 0 Å². The number of rotatable bonds is 3. The van der Waals surface area contributed by atoms with Crippen LogP contribution >= 0.6 is 11.8 Å². The molecule has 2 amide bonds. The van der Waals surface area contributed by atoms with Gasteiger partial charge in [0.25, 0.3) is 0 Å². The van der Waals surface area contributed by atoms with Crippen molar-refractivity contribution in [3.05, 3.63) is 0 Å². The number of nitrogens with zero attached hydrogens (tertiary/aromatic N) is 1. The highest BCUT2D eigenvalue weighted by Gasteiger charge is 2.38. The molecule has 2 aliphatic heterocycles. The van der Waals surface area contributed by atoms with Gasteiger partial charge in [0.2, 0.25) is 11.8 Å². The van der Waals surface area contributed by atoms with Crippen LogP contribution in [0.15, 0.2) is 0 Å². The van der Waals surface area contributed by atoms with Crippen molar-refractivity contribution in [1.82, 2.24) is 10.2 Å². The Morgan fingerprint density at radius 3 is 2.41 bits per heavy atom. The van der Waals surface area contributed by atoms with Crippen LogP contribution in [0, 0.1) is 5.92 Å². The summed E-state index contributed by atoms with van der Waals surface area (Å²) in [5.74, 6) is 2.48. The predicted molar refractivity (Wildman–Crippen MR) is 89.8 cm³/mol. The van der Waals surface area contributed by atoms with E-state index in [-0.39, 0.29) is 17.7 Å². The van der Waals surface area contributed by atoms with Gasteiger partial charge in [-0.3, -0.25) is 9.59 Å². The topological polar surface area (TPSA) is 49.4 Å². The maximum absolute atomic E-state index is 12.5. The molecule has 0 aromatic carbocycles. The molecule has 22 heavy (non-hydrogen) atoms. The van der Waals surface area contributed by atoms with Gasteiger partial charge < -0.3 is 10.2 Å². The van der Waals surface area contributed by atoms with E-state index in [0.29, 0.717) is 25.0 Å². The van der Waals surface area contributed by atoms with Gasteiger partial charge in [0.1, 0.15) is 0 Å². The zero-order valence-electron chi connectivity index (χ0n) is 13.4. The molecule has 3 aliphatic rings. The Morgan fingerprint density at radius 1 is 1.05 bits per heavy atom. The van der Waals surface area contributed by atoms with E-state index < -0.39 is 0 Å². The van der Waals surface area contributed by atoms with Gasteiger partial charge >= 0.3 is 0 Å². The molecule has 0 radical (unpaired) electrons. The Morgan fingerprint density at radius 2 is 1.73 bits per heavy atom. The summed E-state index contributed by atoms with van der Waals surface area (Å²) in [6.45, 7) is 0.650. The number of nitrogens with one attached hydrogen (secondary N) is 1. The van der Waals surface area contributed by atoms with Crippen molar-refractivity contribution in [2.24, 2.45) is 5.92 Å². The summed E-state index contributed by atoms with van der Waals surface area (Å²) in [5.41, 5.74) is 0. The number of hydrogen-bond donors (Lipinski definition) is 1. The average molecular weight is 324 g/mol. The van der Waals surface area contributed by atoms with Gasteiger partial charge in [0, 0.05) is 25.0 Å². The molecule has 0 aromatic heterocycles. The molecule has 1 N–H and O–H groups in total. The van der Waals surface area contributed by atoms with Crippen LogP contribution in [-0.2, 0) is 9.59 Å². The van der Waals surface area contributed by atoms with Crippen LogP contribution in [-0.4, -0.2) is 46.8 Å². The van der Waals surface area contributed by atoms with Crippen LogP contribution in [0.25, 0.3) is 0 Å². The van der Waals surface area contributed by atoms with Crippen molar-refractivity contribution in [3.63, 3.8) is 0 Å². The minimum absolute atomic E-state index is 0.112. The number of likely N-dealkylation sites (tertiary alicyclic amines) is 1. The lowest BCUT2D eigenvalue weighted by Crippen LogP contribution is -2.42. The van der Waals surface area contributed by atoms with E-state index in [1.165, 1.54) is 25.7 Å². The Bertz CT molecular complexity index is 401. The van der Waals surface area contributed by atoms with Crippen molar-refractivity contribution in [3.8, 4) is 0 Å². The zero-order valence-corrected chi connectivity index (χ0v) is 14.2. The van der Waals surface area contributed by atoms with E-state index in [1.807, 2.05) is 16.7 Å². The minimum atomic E-state index is -0.120. The largest absolute Gasteiger partial charge is 0.353 e. The molecule has 0 unspecified atom stereocenters. The highest BCUT2D eigenvalue weighted by atomic mass is 32.2. The quantitative estimate of drug-likeness (QED) is 0.812. The number of carbonyl (C=O) groups excluding carboxylic acids is 2. The van der Waals surface area contributed by atoms with E-state index in [4.69, 9.17) is 0 Å². The molecule has 3 rings (SSSR count). The van der Waals surface area contributed by atoms with E-state index in [0.717, 1.165) is 37.2 Å². The summed E-state index contributed by atoms with van der Waals surface area (Å²) in [6, 6.07) is 0.717. The number of thioether (sulfide) groups is 1. The predicted octanol–water partition coefficient (Wildman–Crippen LogP) is 2.57. The Balaban J connectivity index is 1.52. The van der Waals surface area contributed by atoms with Gasteiger partial charge in [-0.15, -0.1) is 0 Å². The molecule has 5 heteroatoms. The van der Waals surface area contributed by atoms with Crippen LogP contribution in [0.3, 0.4) is 0 Å². The molecule has 124 valence electrons. The second kappa shape index (κ2) is 7.71. The van der Waals surface area contributed by atoms with Crippen molar-refractivity contribution < 1.29 is 9.59 Å². The summed E-state index contributed by atoms with van der Waals surface area (Å²) in [5, 5.41) is 3.19. The molecule has 1 saturated carbocycles. The van der Waals surface area contributed by atoms with Crippen LogP contribution in [0.4, 0.5) is 0 Å². The molecular weight excluding hydrogens is 296 g/mol. The molecule has 3 fully saturated rings. The summed E-state index contributed by atoms with van der Waals surface area (Å²) < 4.78 is 0. The molecule has 2 heterocycles. The van der Waals surface area contributed by atoms with Crippen molar-refractivity contribution in [2.45, 2.75) is 69.9 Å². The summed E-state index contributed by atoms with van der Waals surface area (Å²) >= 11 is 1.97. The third-order valence-electron chi connectivity index (χ3n) is 5.36. The maximum atomic E-state index is 12.5. The fourth-order valence-electron chi connectivity index (χ4n) is 3.99. The first kappa shape index (κ1) is 16.2. The fraction of sp³-hybridized carbons (Fsp3) is 0.882. The number of carbonyl (C=O) groups is 2. The molecule has 1 atom stereocenters. The van der Waals surface area contributed by atoms with Gasteiger partial charge in [-0.1, -0.05) is 25.7 Å². The smallest absolute Gasteiger partial charge is 0.225 e. The Labute approximate surface area is 137 Å². The van der Waals surface area contributed by atoms with E-state index >= 15 is 0 Å². The lowest BCUT2D eigenvalue weighted by molar-refractivity contribution is -0.130. The molecule has 2 saturated heterocycles. The van der Waals surface area contributed by atoms with Crippen molar-refractivity contribution in [2.75, 3.05) is 18.1 Å². The fourth-order valence-corrected chi connectivity index (χ4v) is 5.10. The standard InChI is InChI=1S/C17H28N2O2S/c20-16-11-13(17(21)18-14-7-9-22-10-8-14)12-19(16)15-5-3-1-2-4-6-15/h13-15H,1-12H2,(H,18,21)/t13-/m0/s1. The monoisotopic (exact) mass is 324 g/mol. The van der Waals surface area contributed by atoms with Crippen LogP contribution in [0.1, 0.15) is 57.8 Å². The molecule has 0 bridgehead atoms. The zero-order chi connectivity index (χ0) is 15.4. The van der Waals surface area contributed by atoms with Crippen LogP contribution < -0.4 is 5.32 Å². The Hall–Kier alpha value is -0.710. The van der Waals surface area contributed by atoms with Crippen molar-refractivity contribution >= 4 is 23.6 Å². The lowest BCUT2D eigenvalue weighted by atomic mass is 10.1. The summed E-state index contributed by atoms with van der Waals surface area (Å²) in [7, 11) is 0. The van der Waals surface area contributed by atoms with Crippen molar-refractivity contribution in [1.29, 1.82) is 0 Å². The molecule has 1 aliphatic carbocycles. The van der Waals surface area contributed by atoms with Gasteiger partial charge in [0.05, 0.1) is 5.92 Å². The highest BCUT2D eigenvalue weighted by Crippen LogP contribution is 2.28. The minimum Gasteiger partial charge on any atom is -0.353 e. The second-order valence-corrected chi connectivity index (χ2v) is 8.21. The molecular formula is C17H28N2O2S. The van der Waals surface area contributed by atoms with E-state index in [1.54, 1.807) is 0 Å². The average Bonchev–Trinajstić information content (AvgIpc) is 2.74. The molecule has 4 nitrogen and oxygen atoms in total. The molecule has 0 aromatic rings. The normalized spacial score (nSPS) is 28.6. The number of amides is 2. The Kier molecular flexibility index (Phi) is 5.66. The van der Waals surface area contributed by atoms with Gasteiger partial charge in [0.15, 0.2) is 0 Å². The molecule has 0 spiro atoms. The second-order valence-electron chi connectivity index (χ2n) is 6.99. The van der Waals surface area contributed by atoms with Gasteiger partial charge in [-0.05, 0) is 37.2 Å². The summed E-state index contributed by atoms with van der Waals surface area (Å²) in [6.07, 6.45) is 9.86. The first-order valence-corrected chi connectivity index (χ1v) is 10.1. The maximum Gasteiger partial charge on any atom is 0.225 e. The first-order chi connectivity index (χ1) is 10.7. The van der Waals surface area contributed by atoms with Gasteiger partial charge in [-0.2, -0.15) is 11.8 Å². The SMILES string of the molecule is O=C(NC1CCSCC1)[C@H]1CC(=O)N(C2CCCCCC2)C1. The number of hydrogen-bond acceptors (Lipinski definition) is 3. The first-order valence-electron chi connectivity index (χ1n) is 8.91. The van der Waals surface area contributed by atoms with E-state index in [9.17, 15) is 9.59 Å². The highest BCUT2D eigenvalue weighted by molar-refractivity contribution is 7.99. The third-order valence-corrected chi connectivity index (χ3v) is 6.41. The van der Waals surface area contributed by atoms with Crippen LogP contribution in [0.2, 0.25) is 0 Å². The third kappa shape index (κ3) is 3.98. The summed E-state index contributed by atoms with van der Waals surface area (Å²) in [4.78, 5) is 26.8. The van der Waals surface area contributed by atoms with Crippen LogP contribution in [0.5, 0.6) is 0 Å². The van der Waals surface area contributed by atoms with E-state index in [2.05, 4.69) is 5.32 Å².